The fourth-order valence-electron chi connectivity index (χ4n) is 2.61. The van der Waals surface area contributed by atoms with Crippen molar-refractivity contribution in [1.29, 1.82) is 0 Å². The lowest BCUT2D eigenvalue weighted by Crippen LogP contribution is -2.41. The van der Waals surface area contributed by atoms with E-state index in [4.69, 9.17) is 5.11 Å². The Morgan fingerprint density at radius 2 is 2.19 bits per heavy atom. The molecule has 7 nitrogen and oxygen atoms in total. The summed E-state index contributed by atoms with van der Waals surface area (Å²) in [5.41, 5.74) is 0. The summed E-state index contributed by atoms with van der Waals surface area (Å²) in [6.45, 7) is 1.52. The average molecular weight is 294 g/mol. The molecule has 1 aromatic heterocycles. The molecule has 116 valence electrons. The Kier molecular flexibility index (Phi) is 5.59. The Labute approximate surface area is 123 Å². The van der Waals surface area contributed by atoms with Gasteiger partial charge in [0.15, 0.2) is 0 Å². The molecule has 1 aliphatic rings. The highest BCUT2D eigenvalue weighted by Crippen LogP contribution is 2.25. The highest BCUT2D eigenvalue weighted by atomic mass is 16.4. The fourth-order valence-corrected chi connectivity index (χ4v) is 2.61. The molecular formula is C14H22N4O3. The predicted octanol–water partition coefficient (Wildman–Crippen LogP) is 1.22. The number of carbonyl (C=O) groups excluding carboxylic acids is 1. The lowest BCUT2D eigenvalue weighted by atomic mass is 10.1. The number of rotatable bonds is 7. The van der Waals surface area contributed by atoms with Gasteiger partial charge in [-0.05, 0) is 32.1 Å². The van der Waals surface area contributed by atoms with Crippen LogP contribution in [0.4, 0.5) is 4.79 Å². The van der Waals surface area contributed by atoms with Crippen molar-refractivity contribution in [1.82, 2.24) is 20.2 Å². The minimum Gasteiger partial charge on any atom is -0.481 e. The number of urea groups is 1. The molecular weight excluding hydrogens is 272 g/mol. The SMILES string of the molecule is O=C(NCCCCn1ccnc1)N[C@H]1CC[C@@H](C(=O)O)C1. The summed E-state index contributed by atoms with van der Waals surface area (Å²) >= 11 is 0. The molecule has 1 heterocycles. The van der Waals surface area contributed by atoms with Crippen molar-refractivity contribution in [2.75, 3.05) is 6.54 Å². The van der Waals surface area contributed by atoms with Gasteiger partial charge in [0.05, 0.1) is 12.2 Å². The number of hydrogen-bond acceptors (Lipinski definition) is 3. The molecule has 3 N–H and O–H groups in total. The molecule has 1 aromatic rings. The quantitative estimate of drug-likeness (QED) is 0.659. The number of aromatic nitrogens is 2. The van der Waals surface area contributed by atoms with Crippen LogP contribution in [0.5, 0.6) is 0 Å². The summed E-state index contributed by atoms with van der Waals surface area (Å²) in [6, 6.07) is -0.217. The zero-order valence-electron chi connectivity index (χ0n) is 12.0. The van der Waals surface area contributed by atoms with E-state index in [1.54, 1.807) is 12.5 Å². The van der Waals surface area contributed by atoms with Crippen molar-refractivity contribution in [3.8, 4) is 0 Å². The van der Waals surface area contributed by atoms with E-state index in [-0.39, 0.29) is 18.0 Å². The molecule has 0 aromatic carbocycles. The first-order valence-corrected chi connectivity index (χ1v) is 7.38. The lowest BCUT2D eigenvalue weighted by Gasteiger charge is -2.13. The smallest absolute Gasteiger partial charge is 0.315 e. The van der Waals surface area contributed by atoms with E-state index in [1.807, 2.05) is 10.8 Å². The van der Waals surface area contributed by atoms with E-state index in [2.05, 4.69) is 15.6 Å². The van der Waals surface area contributed by atoms with Gasteiger partial charge < -0.3 is 20.3 Å². The summed E-state index contributed by atoms with van der Waals surface area (Å²) in [5, 5.41) is 14.6. The van der Waals surface area contributed by atoms with Crippen molar-refractivity contribution >= 4 is 12.0 Å². The molecule has 21 heavy (non-hydrogen) atoms. The molecule has 1 fully saturated rings. The van der Waals surface area contributed by atoms with Gasteiger partial charge in [0, 0.05) is 31.5 Å². The number of unbranched alkanes of at least 4 members (excludes halogenated alkanes) is 1. The third-order valence-electron chi connectivity index (χ3n) is 3.80. The highest BCUT2D eigenvalue weighted by molar-refractivity contribution is 5.75. The molecule has 0 spiro atoms. The minimum atomic E-state index is -0.765. The van der Waals surface area contributed by atoms with E-state index in [1.165, 1.54) is 0 Å². The summed E-state index contributed by atoms with van der Waals surface area (Å²) < 4.78 is 2.00. The van der Waals surface area contributed by atoms with E-state index < -0.39 is 5.97 Å². The first-order valence-electron chi connectivity index (χ1n) is 7.38. The van der Waals surface area contributed by atoms with Crippen molar-refractivity contribution in [3.05, 3.63) is 18.7 Å². The van der Waals surface area contributed by atoms with Gasteiger partial charge in [-0.25, -0.2) is 9.78 Å². The van der Waals surface area contributed by atoms with Gasteiger partial charge in [-0.3, -0.25) is 4.79 Å². The molecule has 1 saturated carbocycles. The summed E-state index contributed by atoms with van der Waals surface area (Å²) in [5.74, 6) is -1.08. The molecule has 0 unspecified atom stereocenters. The third kappa shape index (κ3) is 5.09. The number of carboxylic acids is 1. The topological polar surface area (TPSA) is 96.3 Å². The van der Waals surface area contributed by atoms with Crippen LogP contribution in [-0.4, -0.2) is 39.2 Å². The fraction of sp³-hybridized carbons (Fsp3) is 0.643. The van der Waals surface area contributed by atoms with Crippen LogP contribution in [-0.2, 0) is 11.3 Å². The number of nitrogens with one attached hydrogen (secondary N) is 2. The van der Waals surface area contributed by atoms with Crippen LogP contribution in [0.2, 0.25) is 0 Å². The standard InChI is InChI=1S/C14H22N4O3/c19-13(20)11-3-4-12(9-11)17-14(21)16-5-1-2-7-18-8-6-15-10-18/h6,8,10-12H,1-5,7,9H2,(H,19,20)(H2,16,17,21)/t11-,12+/m1/s1. The zero-order chi connectivity index (χ0) is 15.1. The first-order chi connectivity index (χ1) is 10.1. The molecule has 2 amide bonds. The number of carbonyl (C=O) groups is 2. The number of carboxylic acid groups (broad SMARTS) is 1. The number of nitrogens with zero attached hydrogens (tertiary/aromatic N) is 2. The van der Waals surface area contributed by atoms with Crippen LogP contribution in [0.1, 0.15) is 32.1 Å². The van der Waals surface area contributed by atoms with Gasteiger partial charge in [0.1, 0.15) is 0 Å². The van der Waals surface area contributed by atoms with Crippen molar-refractivity contribution in [2.45, 2.75) is 44.7 Å². The molecule has 0 radical (unpaired) electrons. The van der Waals surface area contributed by atoms with Gasteiger partial charge in [-0.1, -0.05) is 0 Å². The second-order valence-corrected chi connectivity index (χ2v) is 5.45. The Bertz CT molecular complexity index is 461. The highest BCUT2D eigenvalue weighted by Gasteiger charge is 2.30. The summed E-state index contributed by atoms with van der Waals surface area (Å²) in [7, 11) is 0. The van der Waals surface area contributed by atoms with Crippen LogP contribution < -0.4 is 10.6 Å². The van der Waals surface area contributed by atoms with E-state index in [9.17, 15) is 9.59 Å². The summed E-state index contributed by atoms with van der Waals surface area (Å²) in [4.78, 5) is 26.5. The van der Waals surface area contributed by atoms with Crippen LogP contribution in [0, 0.1) is 5.92 Å². The van der Waals surface area contributed by atoms with Gasteiger partial charge in [-0.15, -0.1) is 0 Å². The molecule has 0 aliphatic heterocycles. The number of hydrogen-bond donors (Lipinski definition) is 3. The molecule has 2 atom stereocenters. The van der Waals surface area contributed by atoms with Crippen molar-refractivity contribution in [2.24, 2.45) is 5.92 Å². The van der Waals surface area contributed by atoms with Crippen molar-refractivity contribution < 1.29 is 14.7 Å². The van der Waals surface area contributed by atoms with Gasteiger partial charge >= 0.3 is 12.0 Å². The van der Waals surface area contributed by atoms with Gasteiger partial charge in [0.25, 0.3) is 0 Å². The number of amides is 2. The first kappa shape index (κ1) is 15.3. The molecule has 1 aliphatic carbocycles. The largest absolute Gasteiger partial charge is 0.481 e. The third-order valence-corrected chi connectivity index (χ3v) is 3.80. The zero-order valence-corrected chi connectivity index (χ0v) is 12.0. The van der Waals surface area contributed by atoms with E-state index in [0.29, 0.717) is 19.4 Å². The number of aliphatic carboxylic acids is 1. The maximum absolute atomic E-state index is 11.7. The predicted molar refractivity (Wildman–Crippen MR) is 76.8 cm³/mol. The number of aryl methyl sites for hydroxylation is 1. The van der Waals surface area contributed by atoms with Crippen LogP contribution >= 0.6 is 0 Å². The molecule has 0 bridgehead atoms. The van der Waals surface area contributed by atoms with Crippen LogP contribution in [0.25, 0.3) is 0 Å². The Balaban J connectivity index is 1.53. The Morgan fingerprint density at radius 3 is 2.86 bits per heavy atom. The van der Waals surface area contributed by atoms with E-state index >= 15 is 0 Å². The normalized spacial score (nSPS) is 21.1. The average Bonchev–Trinajstić information content (AvgIpc) is 3.09. The molecule has 7 heteroatoms. The maximum Gasteiger partial charge on any atom is 0.315 e. The van der Waals surface area contributed by atoms with Gasteiger partial charge in [0.2, 0.25) is 0 Å². The van der Waals surface area contributed by atoms with Crippen molar-refractivity contribution in [3.63, 3.8) is 0 Å². The Hall–Kier alpha value is -2.05. The maximum atomic E-state index is 11.7. The van der Waals surface area contributed by atoms with Crippen LogP contribution in [0.15, 0.2) is 18.7 Å². The lowest BCUT2D eigenvalue weighted by molar-refractivity contribution is -0.141. The monoisotopic (exact) mass is 294 g/mol. The van der Waals surface area contributed by atoms with E-state index in [0.717, 1.165) is 25.8 Å². The van der Waals surface area contributed by atoms with Gasteiger partial charge in [-0.2, -0.15) is 0 Å². The number of imidazole rings is 1. The molecule has 0 saturated heterocycles. The second kappa shape index (κ2) is 7.66. The Morgan fingerprint density at radius 1 is 1.33 bits per heavy atom. The van der Waals surface area contributed by atoms with Crippen LogP contribution in [0.3, 0.4) is 0 Å². The second-order valence-electron chi connectivity index (χ2n) is 5.45. The minimum absolute atomic E-state index is 0.0166. The summed E-state index contributed by atoms with van der Waals surface area (Å²) in [6.07, 6.45) is 9.23. The molecule has 2 rings (SSSR count).